The summed E-state index contributed by atoms with van der Waals surface area (Å²) >= 11 is 12.3. The number of nitrogens with one attached hydrogen (secondary N) is 1. The average molecular weight is 585 g/mol. The molecule has 7 nitrogen and oxygen atoms in total. The Bertz CT molecular complexity index is 1230. The first kappa shape index (κ1) is 31.9. The van der Waals surface area contributed by atoms with Gasteiger partial charge in [-0.3, -0.25) is 13.9 Å². The summed E-state index contributed by atoms with van der Waals surface area (Å²) in [6.07, 6.45) is 1.41. The zero-order valence-electron chi connectivity index (χ0n) is 23.2. The van der Waals surface area contributed by atoms with E-state index < -0.39 is 28.5 Å². The van der Waals surface area contributed by atoms with Crippen molar-refractivity contribution in [1.82, 2.24) is 10.2 Å². The second kappa shape index (κ2) is 13.2. The number of amides is 2. The van der Waals surface area contributed by atoms with Crippen LogP contribution in [-0.2, 0) is 31.6 Å². The lowest BCUT2D eigenvalue weighted by Gasteiger charge is -2.33. The lowest BCUT2D eigenvalue weighted by Crippen LogP contribution is -2.52. The number of carbonyl (C=O) groups excluding carboxylic acids is 2. The van der Waals surface area contributed by atoms with Crippen LogP contribution in [0.25, 0.3) is 0 Å². The minimum absolute atomic E-state index is 0.0594. The number of carbonyl (C=O) groups is 2. The van der Waals surface area contributed by atoms with E-state index in [0.29, 0.717) is 34.3 Å². The predicted octanol–water partition coefficient (Wildman–Crippen LogP) is 5.64. The van der Waals surface area contributed by atoms with Gasteiger partial charge in [0.2, 0.25) is 21.8 Å². The fourth-order valence-corrected chi connectivity index (χ4v) is 5.09. The van der Waals surface area contributed by atoms with Gasteiger partial charge in [-0.25, -0.2) is 8.42 Å². The van der Waals surface area contributed by atoms with Gasteiger partial charge in [0.05, 0.1) is 22.0 Å². The molecular formula is C28H39Cl2N3O4S. The Morgan fingerprint density at radius 3 is 2.08 bits per heavy atom. The zero-order valence-corrected chi connectivity index (χ0v) is 25.5. The van der Waals surface area contributed by atoms with E-state index in [2.05, 4.69) is 26.1 Å². The van der Waals surface area contributed by atoms with Gasteiger partial charge >= 0.3 is 0 Å². The summed E-state index contributed by atoms with van der Waals surface area (Å²) in [5.74, 6) is -0.574. The van der Waals surface area contributed by atoms with Crippen molar-refractivity contribution in [2.24, 2.45) is 5.92 Å². The van der Waals surface area contributed by atoms with Gasteiger partial charge in [-0.15, -0.1) is 0 Å². The summed E-state index contributed by atoms with van der Waals surface area (Å²) in [5, 5.41) is 3.60. The molecule has 0 unspecified atom stereocenters. The van der Waals surface area contributed by atoms with Gasteiger partial charge in [0.25, 0.3) is 0 Å². The predicted molar refractivity (Wildman–Crippen MR) is 156 cm³/mol. The van der Waals surface area contributed by atoms with Crippen LogP contribution in [-0.4, -0.2) is 50.5 Å². The molecule has 2 aromatic carbocycles. The van der Waals surface area contributed by atoms with Crippen LogP contribution >= 0.6 is 23.2 Å². The van der Waals surface area contributed by atoms with Crippen molar-refractivity contribution in [3.8, 4) is 0 Å². The summed E-state index contributed by atoms with van der Waals surface area (Å²) in [6.45, 7) is 12.0. The standard InChI is InChI=1S/C28H39Cl2N3O4S/c1-8-25(27(35)31-16-19(2)3)32(17-20-9-14-23(29)24(30)15-20)26(34)18-33(38(7,36)37)22-12-10-21(11-13-22)28(4,5)6/h9-15,19,25H,8,16-18H2,1-7H3,(H,31,35)/t25-/m1/s1. The van der Waals surface area contributed by atoms with Crippen molar-refractivity contribution in [2.75, 3.05) is 23.7 Å². The van der Waals surface area contributed by atoms with Crippen LogP contribution in [0.4, 0.5) is 5.69 Å². The molecule has 0 aromatic heterocycles. The summed E-state index contributed by atoms with van der Waals surface area (Å²) in [4.78, 5) is 28.3. The SMILES string of the molecule is CC[C@H](C(=O)NCC(C)C)N(Cc1ccc(Cl)c(Cl)c1)C(=O)CN(c1ccc(C(C)(C)C)cc1)S(C)(=O)=O. The van der Waals surface area contributed by atoms with Gasteiger partial charge in [-0.2, -0.15) is 0 Å². The molecule has 0 fully saturated rings. The zero-order chi connectivity index (χ0) is 28.8. The molecule has 210 valence electrons. The van der Waals surface area contributed by atoms with Crippen LogP contribution in [0.2, 0.25) is 10.0 Å². The molecular weight excluding hydrogens is 545 g/mol. The van der Waals surface area contributed by atoms with Crippen LogP contribution in [0.3, 0.4) is 0 Å². The molecule has 0 heterocycles. The van der Waals surface area contributed by atoms with Crippen molar-refractivity contribution in [2.45, 2.75) is 66.0 Å². The minimum Gasteiger partial charge on any atom is -0.354 e. The summed E-state index contributed by atoms with van der Waals surface area (Å²) in [6, 6.07) is 11.3. The topological polar surface area (TPSA) is 86.8 Å². The highest BCUT2D eigenvalue weighted by molar-refractivity contribution is 7.92. The van der Waals surface area contributed by atoms with Gasteiger partial charge in [0.1, 0.15) is 12.6 Å². The Morgan fingerprint density at radius 1 is 1.00 bits per heavy atom. The minimum atomic E-state index is -3.81. The van der Waals surface area contributed by atoms with Crippen LogP contribution < -0.4 is 9.62 Å². The summed E-state index contributed by atoms with van der Waals surface area (Å²) < 4.78 is 26.7. The molecule has 0 bridgehead atoms. The maximum atomic E-state index is 13.8. The van der Waals surface area contributed by atoms with Gasteiger partial charge in [0.15, 0.2) is 0 Å². The third-order valence-electron chi connectivity index (χ3n) is 6.11. The molecule has 0 aliphatic heterocycles. The molecule has 10 heteroatoms. The van der Waals surface area contributed by atoms with Gasteiger partial charge in [0, 0.05) is 13.1 Å². The first-order valence-corrected chi connectivity index (χ1v) is 15.2. The molecule has 2 amide bonds. The van der Waals surface area contributed by atoms with E-state index >= 15 is 0 Å². The second-order valence-corrected chi connectivity index (χ2v) is 13.6. The smallest absolute Gasteiger partial charge is 0.244 e. The number of benzene rings is 2. The molecule has 38 heavy (non-hydrogen) atoms. The highest BCUT2D eigenvalue weighted by Gasteiger charge is 2.32. The first-order chi connectivity index (χ1) is 17.5. The van der Waals surface area contributed by atoms with Gasteiger partial charge in [-0.05, 0) is 53.1 Å². The first-order valence-electron chi connectivity index (χ1n) is 12.6. The maximum absolute atomic E-state index is 13.8. The molecule has 1 N–H and O–H groups in total. The highest BCUT2D eigenvalue weighted by atomic mass is 35.5. The van der Waals surface area contributed by atoms with E-state index in [1.54, 1.807) is 30.3 Å². The summed E-state index contributed by atoms with van der Waals surface area (Å²) in [5.41, 5.74) is 1.97. The molecule has 1 atom stereocenters. The Labute approximate surface area is 237 Å². The normalized spacial score (nSPS) is 12.8. The van der Waals surface area contributed by atoms with E-state index in [4.69, 9.17) is 23.2 Å². The van der Waals surface area contributed by atoms with E-state index in [9.17, 15) is 18.0 Å². The number of halogens is 2. The van der Waals surface area contributed by atoms with Crippen molar-refractivity contribution in [3.05, 3.63) is 63.6 Å². The van der Waals surface area contributed by atoms with Crippen LogP contribution in [0.1, 0.15) is 59.1 Å². The fraction of sp³-hybridized carbons (Fsp3) is 0.500. The number of sulfonamides is 1. The monoisotopic (exact) mass is 583 g/mol. The molecule has 0 spiro atoms. The molecule has 2 aromatic rings. The maximum Gasteiger partial charge on any atom is 0.244 e. The molecule has 0 aliphatic rings. The third kappa shape index (κ3) is 8.89. The van der Waals surface area contributed by atoms with Crippen LogP contribution in [0.15, 0.2) is 42.5 Å². The lowest BCUT2D eigenvalue weighted by molar-refractivity contribution is -0.140. The Balaban J connectivity index is 2.46. The Hall–Kier alpha value is -2.29. The lowest BCUT2D eigenvalue weighted by atomic mass is 9.87. The fourth-order valence-electron chi connectivity index (χ4n) is 3.92. The van der Waals surface area contributed by atoms with Gasteiger partial charge in [-0.1, -0.05) is 82.9 Å². The molecule has 0 saturated heterocycles. The third-order valence-corrected chi connectivity index (χ3v) is 7.99. The van der Waals surface area contributed by atoms with Crippen molar-refractivity contribution >= 4 is 50.7 Å². The Morgan fingerprint density at radius 2 is 1.61 bits per heavy atom. The molecule has 2 rings (SSSR count). The van der Waals surface area contributed by atoms with E-state index in [1.165, 1.54) is 4.90 Å². The largest absolute Gasteiger partial charge is 0.354 e. The number of anilines is 1. The van der Waals surface area contributed by atoms with E-state index in [-0.39, 0.29) is 23.8 Å². The molecule has 0 aliphatic carbocycles. The number of rotatable bonds is 11. The van der Waals surface area contributed by atoms with Crippen LogP contribution in [0.5, 0.6) is 0 Å². The van der Waals surface area contributed by atoms with Crippen molar-refractivity contribution in [1.29, 1.82) is 0 Å². The summed E-state index contributed by atoms with van der Waals surface area (Å²) in [7, 11) is -3.81. The van der Waals surface area contributed by atoms with E-state index in [1.807, 2.05) is 32.9 Å². The highest BCUT2D eigenvalue weighted by Crippen LogP contribution is 2.27. The average Bonchev–Trinajstić information content (AvgIpc) is 2.82. The molecule has 0 radical (unpaired) electrons. The van der Waals surface area contributed by atoms with Crippen LogP contribution in [0, 0.1) is 5.92 Å². The Kier molecular flexibility index (Phi) is 11.1. The van der Waals surface area contributed by atoms with E-state index in [0.717, 1.165) is 16.1 Å². The second-order valence-electron chi connectivity index (χ2n) is 10.9. The van der Waals surface area contributed by atoms with Gasteiger partial charge < -0.3 is 10.2 Å². The van der Waals surface area contributed by atoms with Crippen molar-refractivity contribution < 1.29 is 18.0 Å². The quantitative estimate of drug-likeness (QED) is 0.371. The number of nitrogens with zero attached hydrogens (tertiary/aromatic N) is 2. The number of hydrogen-bond acceptors (Lipinski definition) is 4. The number of hydrogen-bond donors (Lipinski definition) is 1. The van der Waals surface area contributed by atoms with Crippen molar-refractivity contribution in [3.63, 3.8) is 0 Å². The molecule has 0 saturated carbocycles.